The van der Waals surface area contributed by atoms with Crippen molar-refractivity contribution in [3.8, 4) is 0 Å². The van der Waals surface area contributed by atoms with E-state index >= 15 is 0 Å². The van der Waals surface area contributed by atoms with E-state index in [2.05, 4.69) is 15.6 Å². The normalized spacial score (nSPS) is 11.7. The molecule has 0 radical (unpaired) electrons. The van der Waals surface area contributed by atoms with Gasteiger partial charge in [-0.2, -0.15) is 0 Å². The number of hydrogen-bond donors (Lipinski definition) is 2. The molecular weight excluding hydrogens is 242 g/mol. The maximum atomic E-state index is 11.5. The van der Waals surface area contributed by atoms with Gasteiger partial charge >= 0.3 is 11.8 Å². The fourth-order valence-corrected chi connectivity index (χ4v) is 1.22. The summed E-state index contributed by atoms with van der Waals surface area (Å²) in [5, 5.41) is 5.10. The highest BCUT2D eigenvalue weighted by atomic mass is 35.5. The summed E-state index contributed by atoms with van der Waals surface area (Å²) in [5.74, 6) is -1.43. The lowest BCUT2D eigenvalue weighted by atomic mass is 10.2. The lowest BCUT2D eigenvalue weighted by molar-refractivity contribution is -0.136. The summed E-state index contributed by atoms with van der Waals surface area (Å²) in [6.45, 7) is 3.74. The average molecular weight is 256 g/mol. The Balaban J connectivity index is 2.61. The first-order chi connectivity index (χ1) is 8.04. The molecule has 1 heterocycles. The number of amides is 2. The van der Waals surface area contributed by atoms with Gasteiger partial charge in [0.05, 0.1) is 5.69 Å². The Morgan fingerprint density at radius 2 is 2.18 bits per heavy atom. The molecule has 6 heteroatoms. The van der Waals surface area contributed by atoms with Crippen LogP contribution in [0.2, 0.25) is 5.15 Å². The van der Waals surface area contributed by atoms with Gasteiger partial charge in [-0.25, -0.2) is 4.98 Å². The second-order valence-electron chi connectivity index (χ2n) is 3.58. The summed E-state index contributed by atoms with van der Waals surface area (Å²) in [5.41, 5.74) is 0.318. The van der Waals surface area contributed by atoms with Gasteiger partial charge in [-0.05, 0) is 25.5 Å². The molecule has 0 spiro atoms. The fourth-order valence-electron chi connectivity index (χ4n) is 1.05. The third-order valence-corrected chi connectivity index (χ3v) is 2.50. The van der Waals surface area contributed by atoms with Gasteiger partial charge in [-0.15, -0.1) is 0 Å². The van der Waals surface area contributed by atoms with E-state index in [-0.39, 0.29) is 11.2 Å². The highest BCUT2D eigenvalue weighted by Gasteiger charge is 2.16. The van der Waals surface area contributed by atoms with Gasteiger partial charge in [0.2, 0.25) is 0 Å². The van der Waals surface area contributed by atoms with Gasteiger partial charge < -0.3 is 10.6 Å². The van der Waals surface area contributed by atoms with Crippen molar-refractivity contribution in [2.45, 2.75) is 26.3 Å². The number of hydrogen-bond acceptors (Lipinski definition) is 3. The van der Waals surface area contributed by atoms with Crippen LogP contribution >= 0.6 is 11.6 Å². The van der Waals surface area contributed by atoms with Crippen LogP contribution in [0.3, 0.4) is 0 Å². The Morgan fingerprint density at radius 1 is 1.47 bits per heavy atom. The first-order valence-electron chi connectivity index (χ1n) is 5.27. The van der Waals surface area contributed by atoms with Crippen LogP contribution in [0.5, 0.6) is 0 Å². The van der Waals surface area contributed by atoms with Crippen molar-refractivity contribution in [1.82, 2.24) is 10.3 Å². The van der Waals surface area contributed by atoms with E-state index in [1.165, 1.54) is 6.20 Å². The van der Waals surface area contributed by atoms with Crippen molar-refractivity contribution < 1.29 is 9.59 Å². The number of nitrogens with zero attached hydrogens (tertiary/aromatic N) is 1. The molecule has 1 rings (SSSR count). The van der Waals surface area contributed by atoms with E-state index in [1.807, 2.05) is 13.8 Å². The third-order valence-electron chi connectivity index (χ3n) is 2.20. The quantitative estimate of drug-likeness (QED) is 0.636. The summed E-state index contributed by atoms with van der Waals surface area (Å²) >= 11 is 5.75. The number of anilines is 1. The average Bonchev–Trinajstić information content (AvgIpc) is 2.31. The predicted octanol–water partition coefficient (Wildman–Crippen LogP) is 1.59. The Hall–Kier alpha value is -1.62. The van der Waals surface area contributed by atoms with E-state index in [0.717, 1.165) is 6.42 Å². The number of halogens is 1. The van der Waals surface area contributed by atoms with Crippen LogP contribution in [0, 0.1) is 0 Å². The topological polar surface area (TPSA) is 71.1 Å². The summed E-state index contributed by atoms with van der Waals surface area (Å²) < 4.78 is 0. The van der Waals surface area contributed by atoms with Gasteiger partial charge in [-0.3, -0.25) is 9.59 Å². The van der Waals surface area contributed by atoms with E-state index in [0.29, 0.717) is 5.69 Å². The summed E-state index contributed by atoms with van der Waals surface area (Å²) in [6, 6.07) is 3.15. The maximum Gasteiger partial charge on any atom is 0.313 e. The van der Waals surface area contributed by atoms with Crippen molar-refractivity contribution >= 4 is 29.1 Å². The largest absolute Gasteiger partial charge is 0.345 e. The zero-order chi connectivity index (χ0) is 12.8. The van der Waals surface area contributed by atoms with Crippen molar-refractivity contribution in [2.75, 3.05) is 5.32 Å². The first-order valence-corrected chi connectivity index (χ1v) is 5.64. The van der Waals surface area contributed by atoms with Crippen LogP contribution in [0.1, 0.15) is 20.3 Å². The minimum Gasteiger partial charge on any atom is -0.345 e. The molecule has 92 valence electrons. The van der Waals surface area contributed by atoms with Crippen LogP contribution in [0.25, 0.3) is 0 Å². The molecule has 17 heavy (non-hydrogen) atoms. The van der Waals surface area contributed by atoms with Gasteiger partial charge in [0.1, 0.15) is 0 Å². The molecule has 0 aliphatic rings. The van der Waals surface area contributed by atoms with Gasteiger partial charge in [0.25, 0.3) is 0 Å². The molecule has 1 aromatic heterocycles. The molecule has 1 aromatic rings. The van der Waals surface area contributed by atoms with Crippen LogP contribution in [-0.4, -0.2) is 22.8 Å². The Kier molecular flexibility index (Phi) is 4.90. The molecule has 0 aromatic carbocycles. The SMILES string of the molecule is CCC(C)NC(=O)C(=O)Nc1cccnc1Cl. The second-order valence-corrected chi connectivity index (χ2v) is 3.94. The smallest absolute Gasteiger partial charge is 0.313 e. The fraction of sp³-hybridized carbons (Fsp3) is 0.364. The van der Waals surface area contributed by atoms with Gasteiger partial charge in [0, 0.05) is 12.2 Å². The van der Waals surface area contributed by atoms with E-state index in [1.54, 1.807) is 12.1 Å². The number of carbonyl (C=O) groups excluding carboxylic acids is 2. The van der Waals surface area contributed by atoms with Crippen molar-refractivity contribution in [1.29, 1.82) is 0 Å². The van der Waals surface area contributed by atoms with E-state index in [4.69, 9.17) is 11.6 Å². The Bertz CT molecular complexity index is 423. The number of carbonyl (C=O) groups is 2. The summed E-state index contributed by atoms with van der Waals surface area (Å²) in [4.78, 5) is 26.7. The molecule has 0 fully saturated rings. The monoisotopic (exact) mass is 255 g/mol. The number of rotatable bonds is 3. The van der Waals surface area contributed by atoms with Gasteiger partial charge in [0.15, 0.2) is 5.15 Å². The maximum absolute atomic E-state index is 11.5. The molecule has 2 amide bonds. The Morgan fingerprint density at radius 3 is 2.76 bits per heavy atom. The van der Waals surface area contributed by atoms with Crippen LogP contribution in [0.15, 0.2) is 18.3 Å². The minimum atomic E-state index is -0.750. The summed E-state index contributed by atoms with van der Waals surface area (Å²) in [6.07, 6.45) is 2.25. The van der Waals surface area contributed by atoms with Crippen LogP contribution < -0.4 is 10.6 Å². The molecular formula is C11H14ClN3O2. The molecule has 1 unspecified atom stereocenters. The highest BCUT2D eigenvalue weighted by Crippen LogP contribution is 2.16. The molecule has 0 aliphatic heterocycles. The lowest BCUT2D eigenvalue weighted by Gasteiger charge is -2.11. The number of aromatic nitrogens is 1. The molecule has 0 saturated heterocycles. The minimum absolute atomic E-state index is 0.0439. The van der Waals surface area contributed by atoms with Crippen molar-refractivity contribution in [3.05, 3.63) is 23.5 Å². The zero-order valence-corrected chi connectivity index (χ0v) is 10.4. The number of pyridine rings is 1. The predicted molar refractivity (Wildman–Crippen MR) is 65.8 cm³/mol. The molecule has 0 bridgehead atoms. The van der Waals surface area contributed by atoms with Crippen molar-refractivity contribution in [2.24, 2.45) is 0 Å². The van der Waals surface area contributed by atoms with Crippen LogP contribution in [0.4, 0.5) is 5.69 Å². The zero-order valence-electron chi connectivity index (χ0n) is 9.66. The molecule has 1 atom stereocenters. The van der Waals surface area contributed by atoms with Crippen LogP contribution in [-0.2, 0) is 9.59 Å². The van der Waals surface area contributed by atoms with E-state index < -0.39 is 11.8 Å². The molecule has 2 N–H and O–H groups in total. The molecule has 0 saturated carbocycles. The third kappa shape index (κ3) is 4.03. The van der Waals surface area contributed by atoms with Gasteiger partial charge in [-0.1, -0.05) is 18.5 Å². The lowest BCUT2D eigenvalue weighted by Crippen LogP contribution is -2.40. The Labute approximate surface area is 105 Å². The van der Waals surface area contributed by atoms with E-state index in [9.17, 15) is 9.59 Å². The highest BCUT2D eigenvalue weighted by molar-refractivity contribution is 6.41. The molecule has 5 nitrogen and oxygen atoms in total. The molecule has 0 aliphatic carbocycles. The standard InChI is InChI=1S/C11H14ClN3O2/c1-3-7(2)14-10(16)11(17)15-8-5-4-6-13-9(8)12/h4-7H,3H2,1-2H3,(H,14,16)(H,15,17). The van der Waals surface area contributed by atoms with Crippen molar-refractivity contribution in [3.63, 3.8) is 0 Å². The number of nitrogens with one attached hydrogen (secondary N) is 2. The second kappa shape index (κ2) is 6.20. The first kappa shape index (κ1) is 13.4. The summed E-state index contributed by atoms with van der Waals surface area (Å²) in [7, 11) is 0.